The van der Waals surface area contributed by atoms with E-state index in [9.17, 15) is 26.4 Å². The van der Waals surface area contributed by atoms with Gasteiger partial charge in [0.25, 0.3) is 0 Å². The molecule has 0 amide bonds. The number of halogens is 3. The third-order valence-corrected chi connectivity index (χ3v) is 4.40. The van der Waals surface area contributed by atoms with Crippen molar-refractivity contribution in [3.63, 3.8) is 0 Å². The maximum Gasteiger partial charge on any atom is 0.402 e. The van der Waals surface area contributed by atoms with Crippen molar-refractivity contribution < 1.29 is 31.5 Å². The van der Waals surface area contributed by atoms with Gasteiger partial charge in [0.1, 0.15) is 6.54 Å². The first-order valence-corrected chi connectivity index (χ1v) is 6.81. The Hall–Kier alpha value is -0.830. The Bertz CT molecular complexity index is 380. The molecule has 0 aliphatic rings. The number of nitrogens with zero attached hydrogens (tertiary/aromatic N) is 1. The fourth-order valence-electron chi connectivity index (χ4n) is 1.18. The van der Waals surface area contributed by atoms with Gasteiger partial charge in [0.05, 0.1) is 0 Å². The molecule has 1 unspecified atom stereocenters. The number of unbranched alkanes of at least 4 members (excludes halogenated alkanes) is 1. The third-order valence-electron chi connectivity index (χ3n) is 2.27. The normalized spacial score (nSPS) is 14.8. The number of hydrogen-bond acceptors (Lipinski definition) is 3. The van der Waals surface area contributed by atoms with E-state index in [4.69, 9.17) is 5.11 Å². The predicted octanol–water partition coefficient (Wildman–Crippen LogP) is 1.45. The minimum absolute atomic E-state index is 0.190. The summed E-state index contributed by atoms with van der Waals surface area (Å²) in [6, 6.07) is 0. The lowest BCUT2D eigenvalue weighted by Crippen LogP contribution is -2.45. The lowest BCUT2D eigenvalue weighted by molar-refractivity contribution is -0.139. The third kappa shape index (κ3) is 5.21. The van der Waals surface area contributed by atoms with E-state index < -0.39 is 34.0 Å². The number of carboxylic acids is 1. The van der Waals surface area contributed by atoms with Crippen LogP contribution in [0.5, 0.6) is 0 Å². The molecule has 0 spiro atoms. The first-order valence-electron chi connectivity index (χ1n) is 5.31. The molecule has 1 atom stereocenters. The first-order chi connectivity index (χ1) is 8.02. The maximum atomic E-state index is 12.3. The number of carbonyl (C=O) groups is 1. The zero-order valence-corrected chi connectivity index (χ0v) is 10.9. The molecule has 0 aromatic rings. The van der Waals surface area contributed by atoms with Crippen LogP contribution in [-0.4, -0.2) is 48.3 Å². The Morgan fingerprint density at radius 2 is 1.89 bits per heavy atom. The molecule has 0 aromatic carbocycles. The molecule has 0 aliphatic carbocycles. The second-order valence-electron chi connectivity index (χ2n) is 3.83. The molecule has 18 heavy (non-hydrogen) atoms. The van der Waals surface area contributed by atoms with Crippen LogP contribution < -0.4 is 0 Å². The van der Waals surface area contributed by atoms with Crippen molar-refractivity contribution in [3.05, 3.63) is 0 Å². The van der Waals surface area contributed by atoms with Crippen LogP contribution in [0.2, 0.25) is 0 Å². The first kappa shape index (κ1) is 17.2. The Morgan fingerprint density at radius 3 is 2.22 bits per heavy atom. The highest BCUT2D eigenvalue weighted by Crippen LogP contribution is 2.21. The van der Waals surface area contributed by atoms with Gasteiger partial charge in [-0.3, -0.25) is 4.79 Å². The van der Waals surface area contributed by atoms with Gasteiger partial charge in [-0.2, -0.15) is 17.5 Å². The van der Waals surface area contributed by atoms with Gasteiger partial charge in [-0.25, -0.2) is 8.42 Å². The summed E-state index contributed by atoms with van der Waals surface area (Å²) in [4.78, 5) is 10.6. The van der Waals surface area contributed by atoms with E-state index >= 15 is 0 Å². The number of alkyl halides is 3. The lowest BCUT2D eigenvalue weighted by atomic mass is 10.3. The standard InChI is InChI=1S/C9H16F3NO4S/c1-3-4-5-13(6-9(10,11)12)18(16,17)7(2)8(14)15/h7H,3-6H2,1-2H3,(H,14,15). The van der Waals surface area contributed by atoms with E-state index in [2.05, 4.69) is 0 Å². The summed E-state index contributed by atoms with van der Waals surface area (Å²) < 4.78 is 60.4. The van der Waals surface area contributed by atoms with Crippen LogP contribution in [0.25, 0.3) is 0 Å². The molecule has 108 valence electrons. The molecule has 0 fully saturated rings. The SMILES string of the molecule is CCCCN(CC(F)(F)F)S(=O)(=O)C(C)C(=O)O. The summed E-state index contributed by atoms with van der Waals surface area (Å²) >= 11 is 0. The Morgan fingerprint density at radius 1 is 1.39 bits per heavy atom. The summed E-state index contributed by atoms with van der Waals surface area (Å²) in [6.07, 6.45) is -3.95. The average Bonchev–Trinajstić information content (AvgIpc) is 2.21. The molecule has 1 N–H and O–H groups in total. The zero-order valence-electron chi connectivity index (χ0n) is 10.1. The quantitative estimate of drug-likeness (QED) is 0.770. The van der Waals surface area contributed by atoms with Crippen LogP contribution in [0.1, 0.15) is 26.7 Å². The van der Waals surface area contributed by atoms with Crippen molar-refractivity contribution in [1.82, 2.24) is 4.31 Å². The fraction of sp³-hybridized carbons (Fsp3) is 0.889. The molecule has 0 rings (SSSR count). The van der Waals surface area contributed by atoms with Gasteiger partial charge in [0, 0.05) is 6.54 Å². The van der Waals surface area contributed by atoms with Crippen molar-refractivity contribution >= 4 is 16.0 Å². The topological polar surface area (TPSA) is 74.7 Å². The number of aliphatic carboxylic acids is 1. The second-order valence-corrected chi connectivity index (χ2v) is 6.08. The maximum absolute atomic E-state index is 12.3. The molecule has 0 radical (unpaired) electrons. The van der Waals surface area contributed by atoms with Crippen molar-refractivity contribution in [2.75, 3.05) is 13.1 Å². The summed E-state index contributed by atoms with van der Waals surface area (Å²) in [5, 5.41) is 6.71. The minimum atomic E-state index is -4.70. The van der Waals surface area contributed by atoms with E-state index in [0.717, 1.165) is 6.92 Å². The highest BCUT2D eigenvalue weighted by Gasteiger charge is 2.40. The minimum Gasteiger partial charge on any atom is -0.480 e. The van der Waals surface area contributed by atoms with Crippen molar-refractivity contribution in [1.29, 1.82) is 0 Å². The van der Waals surface area contributed by atoms with Crippen LogP contribution in [0, 0.1) is 0 Å². The second kappa shape index (κ2) is 6.37. The number of hydrogen-bond donors (Lipinski definition) is 1. The molecule has 0 aromatic heterocycles. The molecule has 0 heterocycles. The van der Waals surface area contributed by atoms with E-state index in [1.165, 1.54) is 0 Å². The van der Waals surface area contributed by atoms with Crippen LogP contribution in [0.4, 0.5) is 13.2 Å². The summed E-state index contributed by atoms with van der Waals surface area (Å²) in [7, 11) is -4.49. The van der Waals surface area contributed by atoms with E-state index in [1.54, 1.807) is 6.92 Å². The van der Waals surface area contributed by atoms with Gasteiger partial charge in [0.15, 0.2) is 5.25 Å². The number of rotatable bonds is 7. The Balaban J connectivity index is 5.11. The van der Waals surface area contributed by atoms with E-state index in [1.807, 2.05) is 0 Å². The van der Waals surface area contributed by atoms with Crippen LogP contribution in [0.3, 0.4) is 0 Å². The predicted molar refractivity (Wildman–Crippen MR) is 58.6 cm³/mol. The molecule has 0 bridgehead atoms. The van der Waals surface area contributed by atoms with Gasteiger partial charge in [-0.1, -0.05) is 13.3 Å². The highest BCUT2D eigenvalue weighted by atomic mass is 32.2. The fourth-order valence-corrected chi connectivity index (χ4v) is 2.59. The lowest BCUT2D eigenvalue weighted by Gasteiger charge is -2.24. The molecule has 9 heteroatoms. The number of carboxylic acid groups (broad SMARTS) is 1. The zero-order chi connectivity index (χ0) is 14.6. The largest absolute Gasteiger partial charge is 0.480 e. The van der Waals surface area contributed by atoms with Gasteiger partial charge < -0.3 is 5.11 Å². The van der Waals surface area contributed by atoms with Crippen molar-refractivity contribution in [2.24, 2.45) is 0 Å². The van der Waals surface area contributed by atoms with Gasteiger partial charge >= 0.3 is 12.1 Å². The molecule has 5 nitrogen and oxygen atoms in total. The summed E-state index contributed by atoms with van der Waals surface area (Å²) in [6.45, 7) is 0.551. The number of sulfonamides is 1. The van der Waals surface area contributed by atoms with Gasteiger partial charge in [0.2, 0.25) is 10.0 Å². The molecule has 0 aliphatic heterocycles. The smallest absolute Gasteiger partial charge is 0.402 e. The monoisotopic (exact) mass is 291 g/mol. The van der Waals surface area contributed by atoms with Crippen LogP contribution in [-0.2, 0) is 14.8 Å². The van der Waals surface area contributed by atoms with Crippen molar-refractivity contribution in [3.8, 4) is 0 Å². The molecule has 0 saturated heterocycles. The van der Waals surface area contributed by atoms with Crippen LogP contribution >= 0.6 is 0 Å². The van der Waals surface area contributed by atoms with Crippen LogP contribution in [0.15, 0.2) is 0 Å². The summed E-state index contributed by atoms with van der Waals surface area (Å²) in [5.41, 5.74) is 0. The van der Waals surface area contributed by atoms with E-state index in [-0.39, 0.29) is 17.3 Å². The van der Waals surface area contributed by atoms with Gasteiger partial charge in [-0.05, 0) is 13.3 Å². The molecular formula is C9H16F3NO4S. The summed E-state index contributed by atoms with van der Waals surface area (Å²) in [5.74, 6) is -1.67. The van der Waals surface area contributed by atoms with Gasteiger partial charge in [-0.15, -0.1) is 0 Å². The van der Waals surface area contributed by atoms with E-state index in [0.29, 0.717) is 6.42 Å². The highest BCUT2D eigenvalue weighted by molar-refractivity contribution is 7.90. The Kier molecular flexibility index (Phi) is 6.08. The Labute approximate surface area is 104 Å². The average molecular weight is 291 g/mol. The molecular weight excluding hydrogens is 275 g/mol. The molecule has 0 saturated carbocycles. The van der Waals surface area contributed by atoms with Crippen molar-refractivity contribution in [2.45, 2.75) is 38.1 Å².